The summed E-state index contributed by atoms with van der Waals surface area (Å²) in [7, 11) is 1.47. The Kier molecular flexibility index (Phi) is 3.14. The Bertz CT molecular complexity index is 603. The molecule has 0 saturated carbocycles. The van der Waals surface area contributed by atoms with Crippen LogP contribution in [-0.2, 0) is 11.2 Å². The molecular weight excluding hydrogens is 256 g/mol. The van der Waals surface area contributed by atoms with Crippen molar-refractivity contribution in [3.8, 4) is 0 Å². The number of nitrogens with one attached hydrogen (secondary N) is 1. The van der Waals surface area contributed by atoms with Crippen LogP contribution < -0.4 is 5.32 Å². The van der Waals surface area contributed by atoms with Gasteiger partial charge in [-0.25, -0.2) is 0 Å². The number of carbonyl (C=O) groups excluding carboxylic acids is 3. The highest BCUT2D eigenvalue weighted by atomic mass is 16.2. The van der Waals surface area contributed by atoms with Gasteiger partial charge in [0, 0.05) is 18.2 Å². The number of rotatable bonds is 2. The van der Waals surface area contributed by atoms with Crippen LogP contribution in [0.3, 0.4) is 0 Å². The quantitative estimate of drug-likeness (QED) is 0.638. The molecule has 5 heteroatoms. The summed E-state index contributed by atoms with van der Waals surface area (Å²) < 4.78 is 0. The average Bonchev–Trinajstić information content (AvgIpc) is 2.98. The first-order valence-corrected chi connectivity index (χ1v) is 6.79. The monoisotopic (exact) mass is 272 g/mol. The largest absolute Gasteiger partial charge is 0.307 e. The molecule has 1 N–H and O–H groups in total. The van der Waals surface area contributed by atoms with Crippen molar-refractivity contribution in [3.05, 3.63) is 34.9 Å². The SMILES string of the molecule is CN1C(=O)Cc2ccc(C(=O)C3CCCN3)cc2C1=O. The summed E-state index contributed by atoms with van der Waals surface area (Å²) >= 11 is 0. The molecule has 0 aliphatic carbocycles. The summed E-state index contributed by atoms with van der Waals surface area (Å²) in [4.78, 5) is 37.2. The van der Waals surface area contributed by atoms with Crippen LogP contribution in [0.5, 0.6) is 0 Å². The van der Waals surface area contributed by atoms with Crippen LogP contribution in [0.1, 0.15) is 39.1 Å². The number of nitrogens with zero attached hydrogens (tertiary/aromatic N) is 1. The Hall–Kier alpha value is -2.01. The molecule has 0 radical (unpaired) electrons. The molecule has 5 nitrogen and oxygen atoms in total. The van der Waals surface area contributed by atoms with Gasteiger partial charge >= 0.3 is 0 Å². The first-order chi connectivity index (χ1) is 9.58. The zero-order valence-corrected chi connectivity index (χ0v) is 11.3. The maximum absolute atomic E-state index is 12.3. The Morgan fingerprint density at radius 3 is 2.85 bits per heavy atom. The molecule has 20 heavy (non-hydrogen) atoms. The predicted molar refractivity (Wildman–Crippen MR) is 72.6 cm³/mol. The molecule has 3 rings (SSSR count). The number of fused-ring (bicyclic) bond motifs is 1. The van der Waals surface area contributed by atoms with Crippen LogP contribution in [0.4, 0.5) is 0 Å². The summed E-state index contributed by atoms with van der Waals surface area (Å²) in [6.45, 7) is 0.859. The maximum Gasteiger partial charge on any atom is 0.260 e. The van der Waals surface area contributed by atoms with Gasteiger partial charge in [0.2, 0.25) is 5.91 Å². The number of ketones is 1. The van der Waals surface area contributed by atoms with Crippen molar-refractivity contribution in [2.24, 2.45) is 0 Å². The van der Waals surface area contributed by atoms with E-state index in [0.717, 1.165) is 24.3 Å². The lowest BCUT2D eigenvalue weighted by Gasteiger charge is -2.23. The lowest BCUT2D eigenvalue weighted by Crippen LogP contribution is -2.39. The molecular formula is C15H16N2O3. The fourth-order valence-corrected chi connectivity index (χ4v) is 2.77. The smallest absolute Gasteiger partial charge is 0.260 e. The van der Waals surface area contributed by atoms with Crippen molar-refractivity contribution in [1.82, 2.24) is 10.2 Å². The maximum atomic E-state index is 12.3. The topological polar surface area (TPSA) is 66.5 Å². The van der Waals surface area contributed by atoms with Gasteiger partial charge in [-0.15, -0.1) is 0 Å². The highest BCUT2D eigenvalue weighted by Gasteiger charge is 2.30. The fraction of sp³-hybridized carbons (Fsp3) is 0.400. The fourth-order valence-electron chi connectivity index (χ4n) is 2.77. The van der Waals surface area contributed by atoms with E-state index < -0.39 is 0 Å². The highest BCUT2D eigenvalue weighted by Crippen LogP contribution is 2.22. The first-order valence-electron chi connectivity index (χ1n) is 6.79. The van der Waals surface area contributed by atoms with Gasteiger partial charge in [0.05, 0.1) is 12.5 Å². The summed E-state index contributed by atoms with van der Waals surface area (Å²) in [6, 6.07) is 4.92. The molecule has 0 aromatic heterocycles. The van der Waals surface area contributed by atoms with Gasteiger partial charge in [0.1, 0.15) is 0 Å². The number of benzene rings is 1. The number of Topliss-reactive ketones (excluding diaryl/α,β-unsaturated/α-hetero) is 1. The van der Waals surface area contributed by atoms with Gasteiger partial charge in [-0.2, -0.15) is 0 Å². The molecule has 1 fully saturated rings. The molecule has 1 aromatic rings. The predicted octanol–water partition coefficient (Wildman–Crippen LogP) is 0.776. The normalized spacial score (nSPS) is 22.1. The minimum Gasteiger partial charge on any atom is -0.307 e. The minimum atomic E-state index is -0.328. The van der Waals surface area contributed by atoms with E-state index in [1.807, 2.05) is 0 Å². The van der Waals surface area contributed by atoms with Crippen molar-refractivity contribution >= 4 is 17.6 Å². The second kappa shape index (κ2) is 4.83. The van der Waals surface area contributed by atoms with E-state index in [1.54, 1.807) is 18.2 Å². The van der Waals surface area contributed by atoms with Crippen molar-refractivity contribution in [2.45, 2.75) is 25.3 Å². The Labute approximate surface area is 116 Å². The molecule has 0 bridgehead atoms. The standard InChI is InChI=1S/C15H16N2O3/c1-17-13(18)8-9-4-5-10(7-11(9)15(17)20)14(19)12-3-2-6-16-12/h4-5,7,12,16H,2-3,6,8H2,1H3. The summed E-state index contributed by atoms with van der Waals surface area (Å²) in [5.41, 5.74) is 1.71. The van der Waals surface area contributed by atoms with E-state index in [9.17, 15) is 14.4 Å². The van der Waals surface area contributed by atoms with Gasteiger partial charge in [-0.05, 0) is 31.0 Å². The third-order valence-corrected chi connectivity index (χ3v) is 4.02. The van der Waals surface area contributed by atoms with E-state index in [-0.39, 0.29) is 30.1 Å². The van der Waals surface area contributed by atoms with Crippen LogP contribution in [0.25, 0.3) is 0 Å². The Balaban J connectivity index is 1.94. The number of carbonyl (C=O) groups is 3. The molecule has 0 spiro atoms. The lowest BCUT2D eigenvalue weighted by molar-refractivity contribution is -0.127. The van der Waals surface area contributed by atoms with E-state index in [0.29, 0.717) is 16.7 Å². The number of hydrogen-bond donors (Lipinski definition) is 1. The number of amides is 2. The van der Waals surface area contributed by atoms with E-state index >= 15 is 0 Å². The van der Waals surface area contributed by atoms with Crippen LogP contribution in [-0.4, -0.2) is 42.1 Å². The van der Waals surface area contributed by atoms with Gasteiger partial charge in [0.15, 0.2) is 5.78 Å². The van der Waals surface area contributed by atoms with Gasteiger partial charge < -0.3 is 5.32 Å². The zero-order chi connectivity index (χ0) is 14.3. The number of imide groups is 1. The third-order valence-electron chi connectivity index (χ3n) is 4.02. The van der Waals surface area contributed by atoms with E-state index in [4.69, 9.17) is 0 Å². The second-order valence-electron chi connectivity index (χ2n) is 5.32. The first kappa shape index (κ1) is 13.0. The molecule has 2 amide bonds. The summed E-state index contributed by atoms with van der Waals surface area (Å²) in [6.07, 6.45) is 2.05. The van der Waals surface area contributed by atoms with Crippen molar-refractivity contribution < 1.29 is 14.4 Å². The van der Waals surface area contributed by atoms with Gasteiger partial charge in [-0.1, -0.05) is 12.1 Å². The molecule has 1 atom stereocenters. The van der Waals surface area contributed by atoms with Gasteiger partial charge in [-0.3, -0.25) is 19.3 Å². The summed E-state index contributed by atoms with van der Waals surface area (Å²) in [5.74, 6) is -0.512. The van der Waals surface area contributed by atoms with Crippen LogP contribution in [0.15, 0.2) is 18.2 Å². The van der Waals surface area contributed by atoms with E-state index in [1.165, 1.54) is 7.05 Å². The molecule has 2 heterocycles. The average molecular weight is 272 g/mol. The van der Waals surface area contributed by atoms with Crippen molar-refractivity contribution in [1.29, 1.82) is 0 Å². The zero-order valence-electron chi connectivity index (χ0n) is 11.3. The lowest BCUT2D eigenvalue weighted by atomic mass is 9.93. The number of likely N-dealkylation sites (N-methyl/N-ethyl adjacent to an activating group) is 1. The summed E-state index contributed by atoms with van der Waals surface area (Å²) in [5, 5.41) is 3.16. The van der Waals surface area contributed by atoms with Crippen LogP contribution >= 0.6 is 0 Å². The van der Waals surface area contributed by atoms with Crippen LogP contribution in [0.2, 0.25) is 0 Å². The molecule has 1 aromatic carbocycles. The van der Waals surface area contributed by atoms with Crippen molar-refractivity contribution in [2.75, 3.05) is 13.6 Å². The van der Waals surface area contributed by atoms with Gasteiger partial charge in [0.25, 0.3) is 5.91 Å². The molecule has 2 aliphatic rings. The third kappa shape index (κ3) is 2.04. The van der Waals surface area contributed by atoms with Crippen molar-refractivity contribution in [3.63, 3.8) is 0 Å². The molecule has 1 unspecified atom stereocenters. The molecule has 1 saturated heterocycles. The Morgan fingerprint density at radius 1 is 1.35 bits per heavy atom. The molecule has 2 aliphatic heterocycles. The minimum absolute atomic E-state index is 0.0256. The Morgan fingerprint density at radius 2 is 2.15 bits per heavy atom. The molecule has 104 valence electrons. The number of hydrogen-bond acceptors (Lipinski definition) is 4. The van der Waals surface area contributed by atoms with E-state index in [2.05, 4.69) is 5.32 Å². The van der Waals surface area contributed by atoms with Crippen LogP contribution in [0, 0.1) is 0 Å². The highest BCUT2D eigenvalue weighted by molar-refractivity contribution is 6.11. The second-order valence-corrected chi connectivity index (χ2v) is 5.32.